The number of rotatable bonds is 6. The molecule has 0 saturated heterocycles. The Morgan fingerprint density at radius 2 is 1.77 bits per heavy atom. The maximum atomic E-state index is 12.9. The van der Waals surface area contributed by atoms with Crippen LogP contribution in [-0.4, -0.2) is 24.2 Å². The van der Waals surface area contributed by atoms with Crippen LogP contribution in [0.2, 0.25) is 0 Å². The number of benzene rings is 2. The SMILES string of the molecule is COC(=O)c1c(NC(=O)C(C)Sc2ccccc2)sc2c1CCC(c1ccccc1)C2. The number of fused-ring (bicyclic) bond motifs is 1. The number of ether oxygens (including phenoxy) is 1. The molecule has 0 fully saturated rings. The second-order valence-electron chi connectivity index (χ2n) is 7.61. The van der Waals surface area contributed by atoms with Crippen molar-refractivity contribution in [3.63, 3.8) is 0 Å². The summed E-state index contributed by atoms with van der Waals surface area (Å²) >= 11 is 3.01. The summed E-state index contributed by atoms with van der Waals surface area (Å²) in [6.45, 7) is 1.88. The summed E-state index contributed by atoms with van der Waals surface area (Å²) < 4.78 is 5.06. The molecule has 3 aromatic rings. The molecule has 1 aromatic heterocycles. The first-order chi connectivity index (χ1) is 15.1. The number of thiophene rings is 1. The van der Waals surface area contributed by atoms with Gasteiger partial charge in [0.1, 0.15) is 5.00 Å². The van der Waals surface area contributed by atoms with E-state index >= 15 is 0 Å². The minimum Gasteiger partial charge on any atom is -0.465 e. The summed E-state index contributed by atoms with van der Waals surface area (Å²) in [5.41, 5.74) is 2.88. The van der Waals surface area contributed by atoms with Crippen molar-refractivity contribution in [2.24, 2.45) is 0 Å². The quantitative estimate of drug-likeness (QED) is 0.373. The zero-order chi connectivity index (χ0) is 21.8. The van der Waals surface area contributed by atoms with Gasteiger partial charge in [-0.25, -0.2) is 4.79 Å². The normalized spacial score (nSPS) is 16.3. The standard InChI is InChI=1S/C25H25NO3S2/c1-16(30-19-11-7-4-8-12-19)23(27)26-24-22(25(28)29-2)20-14-13-18(15-21(20)31-24)17-9-5-3-6-10-17/h3-12,16,18H,13-15H2,1-2H3,(H,26,27). The van der Waals surface area contributed by atoms with Gasteiger partial charge < -0.3 is 10.1 Å². The Labute approximate surface area is 191 Å². The Morgan fingerprint density at radius 3 is 2.45 bits per heavy atom. The molecule has 1 aliphatic rings. The van der Waals surface area contributed by atoms with Crippen LogP contribution in [-0.2, 0) is 22.4 Å². The van der Waals surface area contributed by atoms with Gasteiger partial charge in [0.15, 0.2) is 0 Å². The minimum atomic E-state index is -0.380. The third kappa shape index (κ3) is 4.86. The number of anilines is 1. The molecule has 1 amide bonds. The molecule has 31 heavy (non-hydrogen) atoms. The first-order valence-corrected chi connectivity index (χ1v) is 12.1. The molecule has 2 unspecified atom stereocenters. The lowest BCUT2D eigenvalue weighted by Gasteiger charge is -2.22. The lowest BCUT2D eigenvalue weighted by atomic mass is 9.83. The topological polar surface area (TPSA) is 55.4 Å². The highest BCUT2D eigenvalue weighted by atomic mass is 32.2. The zero-order valence-corrected chi connectivity index (χ0v) is 19.2. The third-order valence-corrected chi connectivity index (χ3v) is 7.87. The van der Waals surface area contributed by atoms with Crippen molar-refractivity contribution in [1.29, 1.82) is 0 Å². The highest BCUT2D eigenvalue weighted by Gasteiger charge is 2.31. The third-order valence-electron chi connectivity index (χ3n) is 5.59. The van der Waals surface area contributed by atoms with E-state index in [1.165, 1.54) is 40.6 Å². The van der Waals surface area contributed by atoms with Crippen LogP contribution in [0.4, 0.5) is 5.00 Å². The van der Waals surface area contributed by atoms with Gasteiger partial charge in [0.25, 0.3) is 0 Å². The maximum absolute atomic E-state index is 12.9. The van der Waals surface area contributed by atoms with E-state index in [4.69, 9.17) is 4.74 Å². The number of thioether (sulfide) groups is 1. The maximum Gasteiger partial charge on any atom is 0.341 e. The van der Waals surface area contributed by atoms with E-state index in [0.29, 0.717) is 16.5 Å². The van der Waals surface area contributed by atoms with Crippen molar-refractivity contribution in [2.45, 2.75) is 42.2 Å². The van der Waals surface area contributed by atoms with Crippen LogP contribution >= 0.6 is 23.1 Å². The van der Waals surface area contributed by atoms with Crippen molar-refractivity contribution in [3.8, 4) is 0 Å². The van der Waals surface area contributed by atoms with Crippen LogP contribution < -0.4 is 5.32 Å². The fraction of sp³-hybridized carbons (Fsp3) is 0.280. The molecule has 0 aliphatic heterocycles. The molecule has 1 N–H and O–H groups in total. The molecule has 0 radical (unpaired) electrons. The van der Waals surface area contributed by atoms with E-state index in [0.717, 1.165) is 29.7 Å². The fourth-order valence-electron chi connectivity index (χ4n) is 3.97. The number of nitrogens with one attached hydrogen (secondary N) is 1. The van der Waals surface area contributed by atoms with Crippen LogP contribution in [0.15, 0.2) is 65.6 Å². The Kier molecular flexibility index (Phi) is 6.78. The monoisotopic (exact) mass is 451 g/mol. The van der Waals surface area contributed by atoms with Crippen molar-refractivity contribution >= 4 is 40.0 Å². The summed E-state index contributed by atoms with van der Waals surface area (Å²) in [4.78, 5) is 27.7. The van der Waals surface area contributed by atoms with Crippen molar-refractivity contribution in [1.82, 2.24) is 0 Å². The van der Waals surface area contributed by atoms with Crippen LogP contribution in [0.5, 0.6) is 0 Å². The highest BCUT2D eigenvalue weighted by molar-refractivity contribution is 8.00. The summed E-state index contributed by atoms with van der Waals surface area (Å²) in [6.07, 6.45) is 2.66. The minimum absolute atomic E-state index is 0.114. The van der Waals surface area contributed by atoms with E-state index < -0.39 is 0 Å². The highest BCUT2D eigenvalue weighted by Crippen LogP contribution is 2.43. The number of esters is 1. The molecular weight excluding hydrogens is 426 g/mol. The van der Waals surface area contributed by atoms with Crippen molar-refractivity contribution < 1.29 is 14.3 Å². The molecule has 4 nitrogen and oxygen atoms in total. The van der Waals surface area contributed by atoms with E-state index in [1.807, 2.05) is 43.3 Å². The lowest BCUT2D eigenvalue weighted by Crippen LogP contribution is -2.23. The number of hydrogen-bond acceptors (Lipinski definition) is 5. The molecule has 1 heterocycles. The second-order valence-corrected chi connectivity index (χ2v) is 10.1. The van der Waals surface area contributed by atoms with E-state index in [9.17, 15) is 9.59 Å². The molecule has 2 atom stereocenters. The van der Waals surface area contributed by atoms with Gasteiger partial charge in [-0.15, -0.1) is 23.1 Å². The molecule has 1 aliphatic carbocycles. The predicted octanol–water partition coefficient (Wildman–Crippen LogP) is 5.93. The van der Waals surface area contributed by atoms with Gasteiger partial charge >= 0.3 is 5.97 Å². The summed E-state index contributed by atoms with van der Waals surface area (Å²) in [7, 11) is 1.39. The molecule has 4 rings (SSSR count). The van der Waals surface area contributed by atoms with Gasteiger partial charge in [-0.05, 0) is 55.4 Å². The van der Waals surface area contributed by atoms with Crippen LogP contribution in [0, 0.1) is 0 Å². The Morgan fingerprint density at radius 1 is 1.10 bits per heavy atom. The van der Waals surface area contributed by atoms with Gasteiger partial charge in [-0.1, -0.05) is 48.5 Å². The first-order valence-electron chi connectivity index (χ1n) is 10.4. The van der Waals surface area contributed by atoms with E-state index in [1.54, 1.807) is 0 Å². The predicted molar refractivity (Wildman–Crippen MR) is 127 cm³/mol. The Balaban J connectivity index is 1.56. The zero-order valence-electron chi connectivity index (χ0n) is 17.6. The summed E-state index contributed by atoms with van der Waals surface area (Å²) in [5.74, 6) is -0.0690. The largest absolute Gasteiger partial charge is 0.465 e. The molecule has 0 spiro atoms. The first kappa shape index (κ1) is 21.7. The van der Waals surface area contributed by atoms with Crippen molar-refractivity contribution in [3.05, 3.63) is 82.2 Å². The average Bonchev–Trinajstić information content (AvgIpc) is 3.16. The smallest absolute Gasteiger partial charge is 0.341 e. The number of amides is 1. The average molecular weight is 452 g/mol. The second kappa shape index (κ2) is 9.71. The summed E-state index contributed by atoms with van der Waals surface area (Å²) in [5, 5.41) is 3.34. The molecule has 0 saturated carbocycles. The lowest BCUT2D eigenvalue weighted by molar-refractivity contribution is -0.115. The molecule has 160 valence electrons. The van der Waals surface area contributed by atoms with Gasteiger partial charge in [-0.3, -0.25) is 4.79 Å². The van der Waals surface area contributed by atoms with Gasteiger partial charge in [-0.2, -0.15) is 0 Å². The van der Waals surface area contributed by atoms with E-state index in [2.05, 4.69) is 29.6 Å². The van der Waals surface area contributed by atoms with Crippen LogP contribution in [0.3, 0.4) is 0 Å². The number of hydrogen-bond donors (Lipinski definition) is 1. The summed E-state index contributed by atoms with van der Waals surface area (Å²) in [6, 6.07) is 20.3. The number of methoxy groups -OCH3 is 1. The molecule has 6 heteroatoms. The van der Waals surface area contributed by atoms with Crippen LogP contribution in [0.1, 0.15) is 45.6 Å². The fourth-order valence-corrected chi connectivity index (χ4v) is 6.18. The molecular formula is C25H25NO3S2. The van der Waals surface area contributed by atoms with Crippen LogP contribution in [0.25, 0.3) is 0 Å². The molecule has 2 aromatic carbocycles. The number of carbonyl (C=O) groups excluding carboxylic acids is 2. The van der Waals surface area contributed by atoms with Crippen molar-refractivity contribution in [2.75, 3.05) is 12.4 Å². The molecule has 0 bridgehead atoms. The Hall–Kier alpha value is -2.57. The van der Waals surface area contributed by atoms with Gasteiger partial charge in [0.2, 0.25) is 5.91 Å². The number of carbonyl (C=O) groups is 2. The van der Waals surface area contributed by atoms with Gasteiger partial charge in [0, 0.05) is 9.77 Å². The Bertz CT molecular complexity index is 1060. The van der Waals surface area contributed by atoms with E-state index in [-0.39, 0.29) is 17.1 Å². The van der Waals surface area contributed by atoms with Gasteiger partial charge in [0.05, 0.1) is 17.9 Å².